The zero-order valence-corrected chi connectivity index (χ0v) is 23.6. The Morgan fingerprint density at radius 2 is 1.92 bits per heavy atom. The molecule has 1 saturated carbocycles. The Labute approximate surface area is 232 Å². The molecule has 212 valence electrons. The van der Waals surface area contributed by atoms with Crippen LogP contribution in [0.3, 0.4) is 0 Å². The predicted octanol–water partition coefficient (Wildman–Crippen LogP) is 4.62. The van der Waals surface area contributed by atoms with Gasteiger partial charge in [0.15, 0.2) is 5.96 Å². The van der Waals surface area contributed by atoms with Gasteiger partial charge < -0.3 is 31.2 Å². The highest BCUT2D eigenvalue weighted by atomic mass is 16.5. The topological polar surface area (TPSA) is 128 Å². The quantitative estimate of drug-likeness (QED) is 0.382. The van der Waals surface area contributed by atoms with E-state index in [2.05, 4.69) is 15.2 Å². The zero-order chi connectivity index (χ0) is 27.8. The van der Waals surface area contributed by atoms with Gasteiger partial charge in [-0.05, 0) is 58.1 Å². The standard InChI is InChI=1S/C30H44N6O3/c1-30(2,3)38-20-23(17-31)34-27(37)15-14-26(21-10-6-4-7-11-21)36-19-22-16-28(33-18-25(22)35-29(36)32)39-24-12-8-5-9-13-24/h5,8-9,12-13,16,18,21,23,26H,4,6-7,10-11,14-15,17,19-20,31H2,1-3H3,(H2,32,35)(H,34,37)/t23-,26-/m0/s1. The van der Waals surface area contributed by atoms with E-state index in [9.17, 15) is 4.79 Å². The molecule has 1 aliphatic carbocycles. The number of rotatable bonds is 11. The van der Waals surface area contributed by atoms with Crippen LogP contribution in [0.15, 0.2) is 47.6 Å². The molecule has 2 aliphatic rings. The van der Waals surface area contributed by atoms with Gasteiger partial charge in [-0.2, -0.15) is 0 Å². The molecule has 0 bridgehead atoms. The summed E-state index contributed by atoms with van der Waals surface area (Å²) in [5.74, 6) is 2.18. The molecule has 9 heteroatoms. The number of nitrogens with zero attached hydrogens (tertiary/aromatic N) is 3. The highest BCUT2D eigenvalue weighted by Gasteiger charge is 2.33. The number of benzene rings is 1. The molecular weight excluding hydrogens is 492 g/mol. The maximum Gasteiger partial charge on any atom is 0.220 e. The zero-order valence-electron chi connectivity index (χ0n) is 23.6. The number of nitrogens with two attached hydrogens (primary N) is 2. The van der Waals surface area contributed by atoms with Crippen LogP contribution in [0.2, 0.25) is 0 Å². The second-order valence-corrected chi connectivity index (χ2v) is 11.6. The first-order chi connectivity index (χ1) is 18.7. The van der Waals surface area contributed by atoms with Crippen LogP contribution < -0.4 is 21.5 Å². The van der Waals surface area contributed by atoms with E-state index in [-0.39, 0.29) is 23.6 Å². The molecule has 0 radical (unpaired) electrons. The maximum absolute atomic E-state index is 13.0. The molecule has 39 heavy (non-hydrogen) atoms. The average Bonchev–Trinajstić information content (AvgIpc) is 2.92. The number of aliphatic imine (C=N–C) groups is 1. The maximum atomic E-state index is 13.0. The molecular formula is C30H44N6O3. The fourth-order valence-corrected chi connectivity index (χ4v) is 5.36. The monoisotopic (exact) mass is 536 g/mol. The summed E-state index contributed by atoms with van der Waals surface area (Å²) in [6.45, 7) is 7.30. The van der Waals surface area contributed by atoms with Gasteiger partial charge in [-0.25, -0.2) is 9.98 Å². The number of guanidine groups is 1. The van der Waals surface area contributed by atoms with Crippen LogP contribution in [0.4, 0.5) is 5.69 Å². The molecule has 4 rings (SSSR count). The Kier molecular flexibility index (Phi) is 9.80. The van der Waals surface area contributed by atoms with E-state index < -0.39 is 0 Å². The molecule has 2 heterocycles. The van der Waals surface area contributed by atoms with Crippen LogP contribution in [0.25, 0.3) is 0 Å². The molecule has 1 aromatic carbocycles. The number of para-hydroxylation sites is 1. The van der Waals surface area contributed by atoms with E-state index in [1.807, 2.05) is 57.2 Å². The Morgan fingerprint density at radius 3 is 2.62 bits per heavy atom. The van der Waals surface area contributed by atoms with Crippen molar-refractivity contribution in [2.24, 2.45) is 22.4 Å². The first kappa shape index (κ1) is 28.8. The van der Waals surface area contributed by atoms with Gasteiger partial charge in [0.1, 0.15) is 5.75 Å². The van der Waals surface area contributed by atoms with Gasteiger partial charge in [0.2, 0.25) is 11.8 Å². The minimum atomic E-state index is -0.285. The lowest BCUT2D eigenvalue weighted by molar-refractivity contribution is -0.123. The number of ether oxygens (including phenoxy) is 2. The number of aromatic nitrogens is 1. The Balaban J connectivity index is 1.45. The van der Waals surface area contributed by atoms with Crippen molar-refractivity contribution in [3.05, 3.63) is 48.2 Å². The SMILES string of the molecule is CC(C)(C)OC[C@H](CN)NC(=O)CC[C@@H](C1CCCCC1)N1Cc2cc(Oc3ccccc3)ncc2N=C1N. The Hall–Kier alpha value is -3.17. The van der Waals surface area contributed by atoms with Gasteiger partial charge in [-0.15, -0.1) is 0 Å². The first-order valence-electron chi connectivity index (χ1n) is 14.2. The number of pyridine rings is 1. The summed E-state index contributed by atoms with van der Waals surface area (Å²) < 4.78 is 11.8. The largest absolute Gasteiger partial charge is 0.439 e. The minimum absolute atomic E-state index is 0.0144. The molecule has 5 N–H and O–H groups in total. The van der Waals surface area contributed by atoms with Gasteiger partial charge in [-0.3, -0.25) is 4.79 Å². The number of amides is 1. The molecule has 0 saturated heterocycles. The van der Waals surface area contributed by atoms with Crippen LogP contribution in [0.5, 0.6) is 11.6 Å². The molecule has 0 unspecified atom stereocenters. The number of carbonyl (C=O) groups is 1. The fourth-order valence-electron chi connectivity index (χ4n) is 5.36. The van der Waals surface area contributed by atoms with E-state index in [0.29, 0.717) is 50.3 Å². The summed E-state index contributed by atoms with van der Waals surface area (Å²) >= 11 is 0. The highest BCUT2D eigenvalue weighted by Crippen LogP contribution is 2.36. The van der Waals surface area contributed by atoms with Gasteiger partial charge in [0.05, 0.1) is 30.1 Å². The van der Waals surface area contributed by atoms with E-state index >= 15 is 0 Å². The molecule has 1 aliphatic heterocycles. The van der Waals surface area contributed by atoms with Crippen molar-refractivity contribution in [1.29, 1.82) is 0 Å². The number of carbonyl (C=O) groups excluding carboxylic acids is 1. The number of fused-ring (bicyclic) bond motifs is 1. The summed E-state index contributed by atoms with van der Waals surface area (Å²) in [4.78, 5) is 24.3. The van der Waals surface area contributed by atoms with Gasteiger partial charge in [-0.1, -0.05) is 37.5 Å². The van der Waals surface area contributed by atoms with Crippen molar-refractivity contribution < 1.29 is 14.3 Å². The van der Waals surface area contributed by atoms with E-state index in [0.717, 1.165) is 29.8 Å². The van der Waals surface area contributed by atoms with Crippen LogP contribution in [-0.2, 0) is 16.1 Å². The summed E-state index contributed by atoms with van der Waals surface area (Å²) in [6, 6.07) is 11.4. The van der Waals surface area contributed by atoms with E-state index in [1.165, 1.54) is 19.3 Å². The Bertz CT molecular complexity index is 1110. The Morgan fingerprint density at radius 1 is 1.18 bits per heavy atom. The van der Waals surface area contributed by atoms with Crippen LogP contribution in [0.1, 0.15) is 71.3 Å². The van der Waals surface area contributed by atoms with Crippen molar-refractivity contribution in [3.63, 3.8) is 0 Å². The van der Waals surface area contributed by atoms with Gasteiger partial charge >= 0.3 is 0 Å². The van der Waals surface area contributed by atoms with Crippen molar-refractivity contribution in [2.45, 2.75) is 89.9 Å². The highest BCUT2D eigenvalue weighted by molar-refractivity contribution is 5.84. The molecule has 1 fully saturated rings. The van der Waals surface area contributed by atoms with Gasteiger partial charge in [0, 0.05) is 37.2 Å². The van der Waals surface area contributed by atoms with Crippen LogP contribution in [0, 0.1) is 5.92 Å². The smallest absolute Gasteiger partial charge is 0.220 e. The third-order valence-corrected chi connectivity index (χ3v) is 7.41. The predicted molar refractivity (Wildman–Crippen MR) is 154 cm³/mol. The molecule has 1 aromatic heterocycles. The lowest BCUT2D eigenvalue weighted by Gasteiger charge is -2.41. The van der Waals surface area contributed by atoms with E-state index in [1.54, 1.807) is 6.20 Å². The third-order valence-electron chi connectivity index (χ3n) is 7.41. The third kappa shape index (κ3) is 8.41. The minimum Gasteiger partial charge on any atom is -0.439 e. The second kappa shape index (κ2) is 13.3. The summed E-state index contributed by atoms with van der Waals surface area (Å²) in [6.07, 6.45) is 8.72. The lowest BCUT2D eigenvalue weighted by atomic mass is 9.81. The lowest BCUT2D eigenvalue weighted by Crippen LogP contribution is -2.50. The normalized spacial score (nSPS) is 17.6. The van der Waals surface area contributed by atoms with Crippen LogP contribution in [-0.4, -0.2) is 52.6 Å². The number of hydrogen-bond donors (Lipinski definition) is 3. The number of hydrogen-bond acceptors (Lipinski definition) is 8. The molecule has 0 spiro atoms. The molecule has 2 aromatic rings. The van der Waals surface area contributed by atoms with E-state index in [4.69, 9.17) is 25.9 Å². The molecule has 1 amide bonds. The van der Waals surface area contributed by atoms with Crippen molar-refractivity contribution in [2.75, 3.05) is 13.2 Å². The second-order valence-electron chi connectivity index (χ2n) is 11.6. The molecule has 9 nitrogen and oxygen atoms in total. The average molecular weight is 537 g/mol. The number of nitrogens with one attached hydrogen (secondary N) is 1. The molecule has 2 atom stereocenters. The van der Waals surface area contributed by atoms with Crippen LogP contribution >= 0.6 is 0 Å². The van der Waals surface area contributed by atoms with Gasteiger partial charge in [0.25, 0.3) is 0 Å². The van der Waals surface area contributed by atoms with Crippen molar-refractivity contribution in [1.82, 2.24) is 15.2 Å². The summed E-state index contributed by atoms with van der Waals surface area (Å²) in [7, 11) is 0. The fraction of sp³-hybridized carbons (Fsp3) is 0.567. The van der Waals surface area contributed by atoms with Crippen molar-refractivity contribution in [3.8, 4) is 11.6 Å². The first-order valence-corrected chi connectivity index (χ1v) is 14.2. The summed E-state index contributed by atoms with van der Waals surface area (Å²) in [5, 5.41) is 3.06. The van der Waals surface area contributed by atoms with Crippen molar-refractivity contribution >= 4 is 17.6 Å². The summed E-state index contributed by atoms with van der Waals surface area (Å²) in [5.41, 5.74) is 13.9.